The van der Waals surface area contributed by atoms with Gasteiger partial charge in [-0.1, -0.05) is 24.6 Å². The molecule has 0 saturated heterocycles. The van der Waals surface area contributed by atoms with E-state index < -0.39 is 30.1 Å². The first kappa shape index (κ1) is 37.8. The molecule has 4 aromatic carbocycles. The van der Waals surface area contributed by atoms with Gasteiger partial charge in [-0.3, -0.25) is 0 Å². The van der Waals surface area contributed by atoms with E-state index in [0.29, 0.717) is 54.4 Å². The molecule has 0 spiro atoms. The second-order valence-electron chi connectivity index (χ2n) is 14.9. The van der Waals surface area contributed by atoms with Gasteiger partial charge in [-0.05, 0) is 111 Å². The Balaban J connectivity index is 1.23. The number of benzene rings is 4. The van der Waals surface area contributed by atoms with E-state index in [4.69, 9.17) is 23.7 Å². The average molecular weight is 740 g/mol. The molecule has 0 aromatic heterocycles. The molecule has 54 heavy (non-hydrogen) atoms. The molecule has 1 aliphatic carbocycles. The molecule has 0 radical (unpaired) electrons. The van der Waals surface area contributed by atoms with Gasteiger partial charge in [-0.25, -0.2) is 0 Å². The van der Waals surface area contributed by atoms with Crippen LogP contribution in [0.15, 0.2) is 66.7 Å². The van der Waals surface area contributed by atoms with Crippen LogP contribution in [-0.2, 0) is 17.7 Å². The lowest BCUT2D eigenvalue weighted by atomic mass is 9.72. The molecule has 5 unspecified atom stereocenters. The van der Waals surface area contributed by atoms with E-state index in [1.807, 2.05) is 37.4 Å². The van der Waals surface area contributed by atoms with E-state index in [2.05, 4.69) is 5.32 Å². The summed E-state index contributed by atoms with van der Waals surface area (Å²) in [6.45, 7) is 1.29. The standard InChI is InChI=1S/C44H53NO9/c1-45-24-29-21-40-35(23-39(29)53-32-11-5-4-6-12-32)43(49)41(38(54-40)13-8-16-50-2)37-25-52-44-28(20-33(51-3)22-36(44)42(37)48)17-27-19-31(47)14-15-34(27)26-9-7-10-30(46)18-26/h7,9-10,14-15,18-23,32,37-38,41-43,45-49H,4-6,8,11-13,16-17,24-25H2,1-3H3. The highest BCUT2D eigenvalue weighted by Gasteiger charge is 2.48. The van der Waals surface area contributed by atoms with Gasteiger partial charge in [0.15, 0.2) is 0 Å². The van der Waals surface area contributed by atoms with Crippen molar-refractivity contribution in [2.24, 2.45) is 11.8 Å². The monoisotopic (exact) mass is 739 g/mol. The van der Waals surface area contributed by atoms with Crippen molar-refractivity contribution in [1.82, 2.24) is 5.32 Å². The largest absolute Gasteiger partial charge is 0.508 e. The maximum absolute atomic E-state index is 12.3. The Bertz CT molecular complexity index is 1910. The second-order valence-corrected chi connectivity index (χ2v) is 14.9. The summed E-state index contributed by atoms with van der Waals surface area (Å²) in [5, 5.41) is 48.6. The lowest BCUT2D eigenvalue weighted by Gasteiger charge is -2.45. The first-order chi connectivity index (χ1) is 26.3. The molecule has 3 aliphatic rings. The SMILES string of the molecule is CNCc1cc2c(cc1OC1CCCCC1)C(O)C(C1COc3c(Cc4cc(O)ccc4-c4cccc(O)c4)cc(OC)cc3C1O)C(CCCOC)O2. The lowest BCUT2D eigenvalue weighted by Crippen LogP contribution is -2.46. The molecule has 10 heteroatoms. The number of aromatic hydroxyl groups is 2. The summed E-state index contributed by atoms with van der Waals surface area (Å²) in [4.78, 5) is 0. The number of aliphatic hydroxyl groups is 2. The van der Waals surface area contributed by atoms with Crippen LogP contribution in [0, 0.1) is 11.8 Å². The van der Waals surface area contributed by atoms with Gasteiger partial charge in [-0.2, -0.15) is 0 Å². The first-order valence-electron chi connectivity index (χ1n) is 19.2. The van der Waals surface area contributed by atoms with E-state index in [1.54, 1.807) is 50.6 Å². The Morgan fingerprint density at radius 3 is 2.41 bits per heavy atom. The molecule has 1 fully saturated rings. The number of aliphatic hydroxyl groups excluding tert-OH is 2. The van der Waals surface area contributed by atoms with Crippen molar-refractivity contribution in [3.63, 3.8) is 0 Å². The summed E-state index contributed by atoms with van der Waals surface area (Å²) >= 11 is 0. The highest BCUT2D eigenvalue weighted by molar-refractivity contribution is 5.70. The fourth-order valence-electron chi connectivity index (χ4n) is 8.63. The minimum absolute atomic E-state index is 0.114. The Morgan fingerprint density at radius 2 is 1.65 bits per heavy atom. The molecule has 7 rings (SSSR count). The molecule has 5 N–H and O–H groups in total. The molecule has 0 amide bonds. The van der Waals surface area contributed by atoms with Crippen LogP contribution in [0.4, 0.5) is 0 Å². The summed E-state index contributed by atoms with van der Waals surface area (Å²) in [7, 11) is 5.16. The van der Waals surface area contributed by atoms with Gasteiger partial charge in [-0.15, -0.1) is 0 Å². The number of phenolic OH excluding ortho intramolecular Hbond substituents is 2. The van der Waals surface area contributed by atoms with Crippen LogP contribution in [0.3, 0.4) is 0 Å². The van der Waals surface area contributed by atoms with E-state index in [9.17, 15) is 20.4 Å². The van der Waals surface area contributed by atoms with E-state index in [1.165, 1.54) is 6.42 Å². The predicted molar refractivity (Wildman–Crippen MR) is 206 cm³/mol. The third-order valence-electron chi connectivity index (χ3n) is 11.3. The minimum atomic E-state index is -1.01. The van der Waals surface area contributed by atoms with Gasteiger partial charge < -0.3 is 49.4 Å². The molecule has 0 bridgehead atoms. The van der Waals surface area contributed by atoms with Crippen LogP contribution in [-0.4, -0.2) is 67.1 Å². The predicted octanol–water partition coefficient (Wildman–Crippen LogP) is 7.37. The van der Waals surface area contributed by atoms with Crippen molar-refractivity contribution < 1.29 is 44.1 Å². The van der Waals surface area contributed by atoms with Gasteiger partial charge in [0.1, 0.15) is 40.6 Å². The number of fused-ring (bicyclic) bond motifs is 2. The molecule has 2 heterocycles. The molecular formula is C44H53NO9. The Morgan fingerprint density at radius 1 is 0.833 bits per heavy atom. The summed E-state index contributed by atoms with van der Waals surface area (Å²) in [5.41, 5.74) is 5.44. The highest BCUT2D eigenvalue weighted by atomic mass is 16.5. The molecule has 2 aliphatic heterocycles. The number of methoxy groups -OCH3 is 2. The van der Waals surface area contributed by atoms with Crippen LogP contribution in [0.25, 0.3) is 11.1 Å². The van der Waals surface area contributed by atoms with Gasteiger partial charge in [0.25, 0.3) is 0 Å². The third kappa shape index (κ3) is 7.98. The summed E-state index contributed by atoms with van der Waals surface area (Å²) < 4.78 is 31.1. The van der Waals surface area contributed by atoms with Gasteiger partial charge >= 0.3 is 0 Å². The molecule has 10 nitrogen and oxygen atoms in total. The minimum Gasteiger partial charge on any atom is -0.508 e. The van der Waals surface area contributed by atoms with Gasteiger partial charge in [0, 0.05) is 60.8 Å². The van der Waals surface area contributed by atoms with Gasteiger partial charge in [0.05, 0.1) is 32.0 Å². The number of rotatable bonds is 13. The van der Waals surface area contributed by atoms with Crippen molar-refractivity contribution >= 4 is 0 Å². The molecule has 288 valence electrons. The van der Waals surface area contributed by atoms with Crippen molar-refractivity contribution in [3.8, 4) is 45.6 Å². The van der Waals surface area contributed by atoms with Crippen LogP contribution < -0.4 is 24.3 Å². The Hall–Kier alpha value is -4.48. The zero-order valence-corrected chi connectivity index (χ0v) is 31.4. The molecule has 4 aromatic rings. The van der Waals surface area contributed by atoms with E-state index >= 15 is 0 Å². The maximum Gasteiger partial charge on any atom is 0.128 e. The number of hydrogen-bond donors (Lipinski definition) is 5. The number of hydrogen-bond acceptors (Lipinski definition) is 10. The van der Waals surface area contributed by atoms with Crippen molar-refractivity contribution in [1.29, 1.82) is 0 Å². The number of ether oxygens (including phenoxy) is 5. The normalized spacial score (nSPS) is 22.4. The van der Waals surface area contributed by atoms with Crippen molar-refractivity contribution in [3.05, 3.63) is 94.5 Å². The quantitative estimate of drug-likeness (QED) is 0.0884. The average Bonchev–Trinajstić information content (AvgIpc) is 3.17. The molecular weight excluding hydrogens is 686 g/mol. The third-order valence-corrected chi connectivity index (χ3v) is 11.3. The van der Waals surface area contributed by atoms with Crippen LogP contribution in [0.5, 0.6) is 34.5 Å². The van der Waals surface area contributed by atoms with Crippen LogP contribution in [0.2, 0.25) is 0 Å². The van der Waals surface area contributed by atoms with Gasteiger partial charge in [0.2, 0.25) is 0 Å². The fourth-order valence-corrected chi connectivity index (χ4v) is 8.63. The topological polar surface area (TPSA) is 139 Å². The second kappa shape index (κ2) is 16.9. The summed E-state index contributed by atoms with van der Waals surface area (Å²) in [5.74, 6) is 1.72. The van der Waals surface area contributed by atoms with E-state index in [0.717, 1.165) is 65.7 Å². The molecule has 1 saturated carbocycles. The molecule has 5 atom stereocenters. The zero-order chi connectivity index (χ0) is 37.8. The first-order valence-corrected chi connectivity index (χ1v) is 19.2. The lowest BCUT2D eigenvalue weighted by molar-refractivity contribution is -0.0890. The smallest absolute Gasteiger partial charge is 0.128 e. The summed E-state index contributed by atoms with van der Waals surface area (Å²) in [6, 6.07) is 19.8. The van der Waals surface area contributed by atoms with Crippen LogP contribution >= 0.6 is 0 Å². The Kier molecular flexibility index (Phi) is 11.8. The van der Waals surface area contributed by atoms with Crippen molar-refractivity contribution in [2.75, 3.05) is 34.5 Å². The van der Waals surface area contributed by atoms with Crippen molar-refractivity contribution in [2.45, 2.75) is 82.3 Å². The van der Waals surface area contributed by atoms with E-state index in [-0.39, 0.29) is 24.2 Å². The Labute approximate surface area is 317 Å². The van der Waals surface area contributed by atoms with Crippen LogP contribution in [0.1, 0.15) is 85.0 Å². The zero-order valence-electron chi connectivity index (χ0n) is 31.4. The summed E-state index contributed by atoms with van der Waals surface area (Å²) in [6.07, 6.45) is 5.00. The fraction of sp³-hybridized carbons (Fsp3) is 0.455. The highest BCUT2D eigenvalue weighted by Crippen LogP contribution is 2.52. The number of phenols is 2. The maximum atomic E-state index is 12.3. The number of nitrogens with one attached hydrogen (secondary N) is 1.